The summed E-state index contributed by atoms with van der Waals surface area (Å²) >= 11 is 0. The number of rotatable bonds is 7. The molecule has 2 N–H and O–H groups in total. The molecule has 1 aromatic rings. The molecule has 1 aromatic heterocycles. The first kappa shape index (κ1) is 16.9. The Morgan fingerprint density at radius 2 is 2.14 bits per heavy atom. The second-order valence-corrected chi connectivity index (χ2v) is 4.80. The van der Waals surface area contributed by atoms with Gasteiger partial charge in [-0.25, -0.2) is 14.6 Å². The monoisotopic (exact) mass is 295 g/mol. The lowest BCUT2D eigenvalue weighted by molar-refractivity contribution is 0.0690. The average Bonchev–Trinajstić information content (AvgIpc) is 2.45. The quantitative estimate of drug-likeness (QED) is 0.792. The summed E-state index contributed by atoms with van der Waals surface area (Å²) in [5, 5.41) is 11.5. The van der Waals surface area contributed by atoms with Gasteiger partial charge in [-0.2, -0.15) is 0 Å². The molecule has 1 rings (SSSR count). The van der Waals surface area contributed by atoms with Crippen molar-refractivity contribution in [2.45, 2.75) is 26.4 Å². The summed E-state index contributed by atoms with van der Waals surface area (Å²) in [5.41, 5.74) is 0.720. The van der Waals surface area contributed by atoms with Crippen molar-refractivity contribution < 1.29 is 19.4 Å². The van der Waals surface area contributed by atoms with E-state index in [1.165, 1.54) is 12.3 Å². The van der Waals surface area contributed by atoms with Crippen molar-refractivity contribution in [3.8, 4) is 0 Å². The van der Waals surface area contributed by atoms with Gasteiger partial charge in [0.05, 0.1) is 6.61 Å². The fourth-order valence-electron chi connectivity index (χ4n) is 1.72. The summed E-state index contributed by atoms with van der Waals surface area (Å²) in [4.78, 5) is 28.2. The Bertz CT molecular complexity index is 474. The molecule has 7 nitrogen and oxygen atoms in total. The lowest BCUT2D eigenvalue weighted by atomic mass is 10.2. The van der Waals surface area contributed by atoms with E-state index in [-0.39, 0.29) is 17.8 Å². The first-order chi connectivity index (χ1) is 9.95. The fraction of sp³-hybridized carbons (Fsp3) is 0.500. The number of urea groups is 1. The number of pyridine rings is 1. The van der Waals surface area contributed by atoms with Gasteiger partial charge in [0.1, 0.15) is 5.69 Å². The summed E-state index contributed by atoms with van der Waals surface area (Å²) in [6.07, 6.45) is 1.44. The van der Waals surface area contributed by atoms with E-state index in [4.69, 9.17) is 9.84 Å². The SMILES string of the molecule is COCCN(C(=O)NCc1ccc(C(=O)O)nc1)C(C)C. The third-order valence-electron chi connectivity index (χ3n) is 2.91. The van der Waals surface area contributed by atoms with E-state index >= 15 is 0 Å². The Morgan fingerprint density at radius 3 is 2.62 bits per heavy atom. The number of carbonyl (C=O) groups excluding carboxylic acids is 1. The molecule has 0 spiro atoms. The molecular weight excluding hydrogens is 274 g/mol. The normalized spacial score (nSPS) is 10.5. The molecule has 0 radical (unpaired) electrons. The van der Waals surface area contributed by atoms with Gasteiger partial charge < -0.3 is 20.1 Å². The minimum Gasteiger partial charge on any atom is -0.477 e. The number of aromatic nitrogens is 1. The Morgan fingerprint density at radius 1 is 1.43 bits per heavy atom. The largest absolute Gasteiger partial charge is 0.477 e. The minimum atomic E-state index is -1.07. The van der Waals surface area contributed by atoms with Crippen LogP contribution >= 0.6 is 0 Å². The minimum absolute atomic E-state index is 0.0195. The smallest absolute Gasteiger partial charge is 0.354 e. The van der Waals surface area contributed by atoms with Gasteiger partial charge in [0, 0.05) is 32.4 Å². The number of aromatic carboxylic acids is 1. The number of carboxylic acids is 1. The number of nitrogens with one attached hydrogen (secondary N) is 1. The molecule has 0 aromatic carbocycles. The highest BCUT2D eigenvalue weighted by Crippen LogP contribution is 2.03. The van der Waals surface area contributed by atoms with Crippen LogP contribution in [0.25, 0.3) is 0 Å². The van der Waals surface area contributed by atoms with E-state index in [1.807, 2.05) is 13.8 Å². The highest BCUT2D eigenvalue weighted by atomic mass is 16.5. The van der Waals surface area contributed by atoms with Crippen molar-refractivity contribution in [2.24, 2.45) is 0 Å². The molecule has 0 aliphatic carbocycles. The molecule has 0 unspecified atom stereocenters. The number of hydrogen-bond acceptors (Lipinski definition) is 4. The van der Waals surface area contributed by atoms with E-state index in [0.29, 0.717) is 19.7 Å². The van der Waals surface area contributed by atoms with E-state index in [1.54, 1.807) is 18.1 Å². The van der Waals surface area contributed by atoms with Crippen molar-refractivity contribution in [2.75, 3.05) is 20.3 Å². The van der Waals surface area contributed by atoms with E-state index in [9.17, 15) is 9.59 Å². The van der Waals surface area contributed by atoms with Crippen molar-refractivity contribution in [3.05, 3.63) is 29.6 Å². The highest BCUT2D eigenvalue weighted by Gasteiger charge is 2.16. The standard InChI is InChI=1S/C14H21N3O4/c1-10(2)17(6-7-21-3)14(20)16-9-11-4-5-12(13(18)19)15-8-11/h4-5,8,10H,6-7,9H2,1-3H3,(H,16,20)(H,18,19). The molecule has 0 saturated heterocycles. The highest BCUT2D eigenvalue weighted by molar-refractivity contribution is 5.85. The first-order valence-corrected chi connectivity index (χ1v) is 6.67. The van der Waals surface area contributed by atoms with Crippen LogP contribution in [-0.2, 0) is 11.3 Å². The van der Waals surface area contributed by atoms with Gasteiger partial charge in [0.25, 0.3) is 0 Å². The Hall–Kier alpha value is -2.15. The molecule has 7 heteroatoms. The molecule has 116 valence electrons. The third-order valence-corrected chi connectivity index (χ3v) is 2.91. The maximum absolute atomic E-state index is 12.1. The number of hydrogen-bond donors (Lipinski definition) is 2. The molecule has 0 aliphatic heterocycles. The summed E-state index contributed by atoms with van der Waals surface area (Å²) < 4.78 is 4.98. The van der Waals surface area contributed by atoms with E-state index < -0.39 is 5.97 Å². The summed E-state index contributed by atoms with van der Waals surface area (Å²) in [5.74, 6) is -1.07. The van der Waals surface area contributed by atoms with E-state index in [2.05, 4.69) is 10.3 Å². The Labute approximate surface area is 123 Å². The number of ether oxygens (including phenoxy) is 1. The first-order valence-electron chi connectivity index (χ1n) is 6.67. The second-order valence-electron chi connectivity index (χ2n) is 4.80. The van der Waals surface area contributed by atoms with E-state index in [0.717, 1.165) is 5.56 Å². The zero-order chi connectivity index (χ0) is 15.8. The second kappa shape index (κ2) is 8.21. The van der Waals surface area contributed by atoms with Gasteiger partial charge in [-0.05, 0) is 25.5 Å². The van der Waals surface area contributed by atoms with Crippen LogP contribution in [0.1, 0.15) is 29.9 Å². The van der Waals surface area contributed by atoms with Gasteiger partial charge in [-0.15, -0.1) is 0 Å². The van der Waals surface area contributed by atoms with Crippen molar-refractivity contribution in [1.29, 1.82) is 0 Å². The van der Waals surface area contributed by atoms with Crippen LogP contribution in [0.5, 0.6) is 0 Å². The summed E-state index contributed by atoms with van der Waals surface area (Å²) in [7, 11) is 1.59. The lowest BCUT2D eigenvalue weighted by Gasteiger charge is -2.26. The number of nitrogens with zero attached hydrogens (tertiary/aromatic N) is 2. The predicted molar refractivity (Wildman–Crippen MR) is 77.2 cm³/mol. The molecule has 0 fully saturated rings. The van der Waals surface area contributed by atoms with Crippen LogP contribution in [0.4, 0.5) is 4.79 Å². The molecule has 0 bridgehead atoms. The van der Waals surface area contributed by atoms with Crippen LogP contribution in [0.15, 0.2) is 18.3 Å². The number of amides is 2. The third kappa shape index (κ3) is 5.39. The van der Waals surface area contributed by atoms with Crippen molar-refractivity contribution in [1.82, 2.24) is 15.2 Å². The van der Waals surface area contributed by atoms with Crippen LogP contribution < -0.4 is 5.32 Å². The zero-order valence-corrected chi connectivity index (χ0v) is 12.5. The Kier molecular flexibility index (Phi) is 6.61. The lowest BCUT2D eigenvalue weighted by Crippen LogP contribution is -2.45. The van der Waals surface area contributed by atoms with Gasteiger partial charge in [-0.1, -0.05) is 6.07 Å². The molecule has 0 atom stereocenters. The van der Waals surface area contributed by atoms with Gasteiger partial charge in [0.2, 0.25) is 0 Å². The summed E-state index contributed by atoms with van der Waals surface area (Å²) in [6.45, 7) is 5.13. The Balaban J connectivity index is 2.55. The maximum Gasteiger partial charge on any atom is 0.354 e. The molecule has 2 amide bonds. The number of methoxy groups -OCH3 is 1. The fourth-order valence-corrected chi connectivity index (χ4v) is 1.72. The predicted octanol–water partition coefficient (Wildman–Crippen LogP) is 1.35. The summed E-state index contributed by atoms with van der Waals surface area (Å²) in [6, 6.07) is 2.91. The van der Waals surface area contributed by atoms with Crippen LogP contribution in [0.2, 0.25) is 0 Å². The van der Waals surface area contributed by atoms with Crippen molar-refractivity contribution in [3.63, 3.8) is 0 Å². The van der Waals surface area contributed by atoms with Crippen LogP contribution in [0.3, 0.4) is 0 Å². The van der Waals surface area contributed by atoms with Crippen LogP contribution in [0, 0.1) is 0 Å². The van der Waals surface area contributed by atoms with Crippen molar-refractivity contribution >= 4 is 12.0 Å². The molecule has 0 saturated carbocycles. The molecule has 0 aliphatic rings. The molecular formula is C14H21N3O4. The van der Waals surface area contributed by atoms with Gasteiger partial charge in [-0.3, -0.25) is 0 Å². The average molecular weight is 295 g/mol. The van der Waals surface area contributed by atoms with Gasteiger partial charge >= 0.3 is 12.0 Å². The maximum atomic E-state index is 12.1. The zero-order valence-electron chi connectivity index (χ0n) is 12.5. The van der Waals surface area contributed by atoms with Gasteiger partial charge in [0.15, 0.2) is 0 Å². The topological polar surface area (TPSA) is 91.8 Å². The number of carbonyl (C=O) groups is 2. The molecule has 21 heavy (non-hydrogen) atoms. The van der Waals surface area contributed by atoms with Crippen LogP contribution in [-0.4, -0.2) is 53.3 Å². The molecule has 1 heterocycles. The number of carboxylic acid groups (broad SMARTS) is 1.